The van der Waals surface area contributed by atoms with Crippen molar-refractivity contribution in [2.75, 3.05) is 5.75 Å². The van der Waals surface area contributed by atoms with Gasteiger partial charge in [0.2, 0.25) is 0 Å². The van der Waals surface area contributed by atoms with Crippen molar-refractivity contribution in [3.05, 3.63) is 42.0 Å². The summed E-state index contributed by atoms with van der Waals surface area (Å²) in [6.07, 6.45) is 1.12. The molecule has 0 amide bonds. The Morgan fingerprint density at radius 3 is 3.00 bits per heavy atom. The molecule has 2 aromatic rings. The Morgan fingerprint density at radius 1 is 1.07 bits per heavy atom. The molecule has 0 atom stereocenters. The third-order valence-corrected chi connectivity index (χ3v) is 3.21. The molecule has 1 aliphatic rings. The molecule has 1 aliphatic heterocycles. The normalized spacial score (nSPS) is 14.9. The summed E-state index contributed by atoms with van der Waals surface area (Å²) in [6.45, 7) is 0. The van der Waals surface area contributed by atoms with Crippen molar-refractivity contribution in [1.29, 1.82) is 0 Å². The molecule has 0 saturated heterocycles. The predicted octanol–water partition coefficient (Wildman–Crippen LogP) is 3.42. The van der Waals surface area contributed by atoms with Crippen LogP contribution in [0.3, 0.4) is 0 Å². The smallest absolute Gasteiger partial charge is 0.148 e. The average molecular weight is 202 g/mol. The fraction of sp³-hybridized carbons (Fsp3) is 0.167. The summed E-state index contributed by atoms with van der Waals surface area (Å²) in [4.78, 5) is 0. The van der Waals surface area contributed by atoms with Crippen LogP contribution in [-0.2, 0) is 6.42 Å². The highest BCUT2D eigenvalue weighted by molar-refractivity contribution is 7.95. The van der Waals surface area contributed by atoms with Crippen LogP contribution in [0.15, 0.2) is 36.4 Å². The van der Waals surface area contributed by atoms with Gasteiger partial charge in [0.05, 0.1) is 12.0 Å². The Bertz CT molecular complexity index is 479. The van der Waals surface area contributed by atoms with Crippen molar-refractivity contribution in [3.8, 4) is 5.75 Å². The zero-order chi connectivity index (χ0) is 9.38. The summed E-state index contributed by atoms with van der Waals surface area (Å²) in [5, 5.41) is 2.49. The Balaban J connectivity index is 2.34. The van der Waals surface area contributed by atoms with Crippen LogP contribution in [-0.4, -0.2) is 5.75 Å². The van der Waals surface area contributed by atoms with E-state index in [-0.39, 0.29) is 0 Å². The van der Waals surface area contributed by atoms with E-state index < -0.39 is 0 Å². The molecular formula is C12H10OS. The first-order chi connectivity index (χ1) is 6.95. The minimum Gasteiger partial charge on any atom is -0.425 e. The molecule has 0 aromatic heterocycles. The Labute approximate surface area is 87.3 Å². The minimum absolute atomic E-state index is 1.06. The lowest BCUT2D eigenvalue weighted by Crippen LogP contribution is -2.01. The van der Waals surface area contributed by atoms with Gasteiger partial charge in [-0.05, 0) is 17.4 Å². The summed E-state index contributed by atoms with van der Waals surface area (Å²) in [7, 11) is 0. The van der Waals surface area contributed by atoms with E-state index in [0.29, 0.717) is 0 Å². The molecule has 0 bridgehead atoms. The Morgan fingerprint density at radius 2 is 2.00 bits per heavy atom. The second-order valence-electron chi connectivity index (χ2n) is 3.43. The summed E-state index contributed by atoms with van der Waals surface area (Å²) < 4.78 is 5.65. The van der Waals surface area contributed by atoms with Crippen LogP contribution in [0.4, 0.5) is 0 Å². The third kappa shape index (κ3) is 1.18. The summed E-state index contributed by atoms with van der Waals surface area (Å²) in [6, 6.07) is 12.7. The van der Waals surface area contributed by atoms with Crippen LogP contribution in [0, 0.1) is 0 Å². The van der Waals surface area contributed by atoms with Crippen molar-refractivity contribution in [3.63, 3.8) is 0 Å². The van der Waals surface area contributed by atoms with Crippen LogP contribution in [0.2, 0.25) is 0 Å². The van der Waals surface area contributed by atoms with Gasteiger partial charge in [0.1, 0.15) is 5.75 Å². The van der Waals surface area contributed by atoms with E-state index in [9.17, 15) is 0 Å². The topological polar surface area (TPSA) is 9.23 Å². The SMILES string of the molecule is c1ccc2c3c(ccc2c1)CCSO3. The van der Waals surface area contributed by atoms with E-state index in [1.165, 1.54) is 16.3 Å². The van der Waals surface area contributed by atoms with E-state index in [2.05, 4.69) is 36.4 Å². The first-order valence-corrected chi connectivity index (χ1v) is 5.66. The lowest BCUT2D eigenvalue weighted by molar-refractivity contribution is 0.629. The quantitative estimate of drug-likeness (QED) is 0.605. The van der Waals surface area contributed by atoms with E-state index in [1.807, 2.05) is 0 Å². The van der Waals surface area contributed by atoms with E-state index in [0.717, 1.165) is 17.9 Å². The molecule has 14 heavy (non-hydrogen) atoms. The second-order valence-corrected chi connectivity index (χ2v) is 4.24. The molecule has 0 radical (unpaired) electrons. The lowest BCUT2D eigenvalue weighted by Gasteiger charge is -2.17. The Kier molecular flexibility index (Phi) is 1.88. The van der Waals surface area contributed by atoms with Crippen molar-refractivity contribution in [2.24, 2.45) is 0 Å². The van der Waals surface area contributed by atoms with E-state index in [1.54, 1.807) is 12.0 Å². The predicted molar refractivity (Wildman–Crippen MR) is 60.7 cm³/mol. The van der Waals surface area contributed by atoms with Crippen molar-refractivity contribution in [1.82, 2.24) is 0 Å². The van der Waals surface area contributed by atoms with E-state index in [4.69, 9.17) is 4.18 Å². The molecule has 0 fully saturated rings. The number of hydrogen-bond donors (Lipinski definition) is 0. The zero-order valence-electron chi connectivity index (χ0n) is 7.69. The molecule has 1 heterocycles. The number of hydrogen-bond acceptors (Lipinski definition) is 2. The highest BCUT2D eigenvalue weighted by Crippen LogP contribution is 2.35. The maximum Gasteiger partial charge on any atom is 0.148 e. The van der Waals surface area contributed by atoms with Gasteiger partial charge in [-0.25, -0.2) is 0 Å². The summed E-state index contributed by atoms with van der Waals surface area (Å²) >= 11 is 1.55. The highest BCUT2D eigenvalue weighted by Gasteiger charge is 2.13. The molecule has 0 N–H and O–H groups in total. The van der Waals surface area contributed by atoms with Crippen LogP contribution < -0.4 is 4.18 Å². The van der Waals surface area contributed by atoms with Crippen LogP contribution in [0.5, 0.6) is 5.75 Å². The molecule has 0 unspecified atom stereocenters. The molecular weight excluding hydrogens is 192 g/mol. The van der Waals surface area contributed by atoms with Crippen LogP contribution >= 0.6 is 12.0 Å². The minimum atomic E-state index is 1.06. The first-order valence-electron chi connectivity index (χ1n) is 4.75. The second kappa shape index (κ2) is 3.21. The largest absolute Gasteiger partial charge is 0.425 e. The molecule has 0 aliphatic carbocycles. The van der Waals surface area contributed by atoms with Crippen LogP contribution in [0.1, 0.15) is 5.56 Å². The monoisotopic (exact) mass is 202 g/mol. The number of rotatable bonds is 0. The molecule has 0 spiro atoms. The molecule has 0 saturated carbocycles. The van der Waals surface area contributed by atoms with E-state index >= 15 is 0 Å². The van der Waals surface area contributed by atoms with Crippen molar-refractivity contribution < 1.29 is 4.18 Å². The van der Waals surface area contributed by atoms with Crippen molar-refractivity contribution >= 4 is 22.8 Å². The fourth-order valence-electron chi connectivity index (χ4n) is 1.84. The van der Waals surface area contributed by atoms with Gasteiger partial charge in [0.15, 0.2) is 0 Å². The first kappa shape index (κ1) is 8.18. The number of fused-ring (bicyclic) bond motifs is 3. The molecule has 70 valence electrons. The summed E-state index contributed by atoms with van der Waals surface area (Å²) in [5.41, 5.74) is 1.34. The van der Waals surface area contributed by atoms with Crippen LogP contribution in [0.25, 0.3) is 10.8 Å². The average Bonchev–Trinajstić information content (AvgIpc) is 2.29. The Hall–Kier alpha value is -1.15. The standard InChI is InChI=1S/C12H10OS/c1-2-4-11-9(3-1)5-6-10-7-8-14-13-12(10)11/h1-6H,7-8H2. The number of benzene rings is 2. The maximum absolute atomic E-state index is 5.65. The van der Waals surface area contributed by atoms with Gasteiger partial charge < -0.3 is 4.18 Å². The van der Waals surface area contributed by atoms with Gasteiger partial charge in [-0.2, -0.15) is 0 Å². The van der Waals surface area contributed by atoms with Gasteiger partial charge in [-0.3, -0.25) is 0 Å². The third-order valence-electron chi connectivity index (χ3n) is 2.56. The van der Waals surface area contributed by atoms with Gasteiger partial charge in [0, 0.05) is 11.1 Å². The lowest BCUT2D eigenvalue weighted by atomic mass is 10.0. The fourth-order valence-corrected chi connectivity index (χ4v) is 2.54. The summed E-state index contributed by atoms with van der Waals surface area (Å²) in [5.74, 6) is 2.13. The van der Waals surface area contributed by atoms with Crippen molar-refractivity contribution in [2.45, 2.75) is 6.42 Å². The zero-order valence-corrected chi connectivity index (χ0v) is 8.51. The number of aryl methyl sites for hydroxylation is 1. The molecule has 2 aromatic carbocycles. The molecule has 2 heteroatoms. The van der Waals surface area contributed by atoms with Gasteiger partial charge in [-0.1, -0.05) is 36.4 Å². The highest BCUT2D eigenvalue weighted by atomic mass is 32.2. The van der Waals surface area contributed by atoms with Gasteiger partial charge in [-0.15, -0.1) is 0 Å². The van der Waals surface area contributed by atoms with Gasteiger partial charge in [0.25, 0.3) is 0 Å². The molecule has 3 rings (SSSR count). The maximum atomic E-state index is 5.65. The molecule has 1 nitrogen and oxygen atoms in total. The van der Waals surface area contributed by atoms with Gasteiger partial charge >= 0.3 is 0 Å².